The molecule has 1 heterocycles. The van der Waals surface area contributed by atoms with Crippen LogP contribution in [-0.2, 0) is 9.16 Å². The Balaban J connectivity index is 2.38. The molecule has 4 heteroatoms. The Labute approximate surface area is 107 Å². The maximum absolute atomic E-state index is 6.20. The minimum atomic E-state index is -1.62. The van der Waals surface area contributed by atoms with Crippen LogP contribution in [0.5, 0.6) is 0 Å². The van der Waals surface area contributed by atoms with Gasteiger partial charge in [-0.25, -0.2) is 0 Å². The van der Waals surface area contributed by atoms with Gasteiger partial charge in [0.2, 0.25) is 0 Å². The lowest BCUT2D eigenvalue weighted by molar-refractivity contribution is -0.0647. The summed E-state index contributed by atoms with van der Waals surface area (Å²) in [6.07, 6.45) is 0. The van der Waals surface area contributed by atoms with Gasteiger partial charge in [-0.05, 0) is 32.0 Å². The molecule has 0 bridgehead atoms. The summed E-state index contributed by atoms with van der Waals surface area (Å²) >= 11 is 0. The van der Waals surface area contributed by atoms with E-state index in [1.54, 1.807) is 0 Å². The molecule has 1 atom stereocenters. The smallest absolute Gasteiger partial charge is 0.192 e. The minimum Gasteiger partial charge on any atom is -0.415 e. The summed E-state index contributed by atoms with van der Waals surface area (Å²) in [7, 11) is -1.62. The second-order valence-electron chi connectivity index (χ2n) is 7.22. The molecule has 17 heavy (non-hydrogen) atoms. The largest absolute Gasteiger partial charge is 0.415 e. The molecule has 1 fully saturated rings. The Morgan fingerprint density at radius 1 is 1.35 bits per heavy atom. The van der Waals surface area contributed by atoms with Crippen LogP contribution in [0.1, 0.15) is 34.6 Å². The molecule has 1 unspecified atom stereocenters. The normalized spacial score (nSPS) is 25.9. The number of morpholine rings is 1. The second kappa shape index (κ2) is 5.00. The zero-order valence-electron chi connectivity index (χ0n) is 12.5. The number of ether oxygens (including phenoxy) is 1. The Morgan fingerprint density at radius 2 is 1.94 bits per heavy atom. The molecule has 1 aliphatic heterocycles. The van der Waals surface area contributed by atoms with Gasteiger partial charge in [0.1, 0.15) is 0 Å². The highest BCUT2D eigenvalue weighted by atomic mass is 28.4. The fourth-order valence-corrected chi connectivity index (χ4v) is 2.51. The van der Waals surface area contributed by atoms with E-state index in [1.807, 2.05) is 0 Å². The molecule has 1 saturated heterocycles. The first-order valence-electron chi connectivity index (χ1n) is 6.55. The number of rotatable bonds is 3. The second-order valence-corrected chi connectivity index (χ2v) is 12.0. The van der Waals surface area contributed by atoms with Crippen LogP contribution in [0.25, 0.3) is 0 Å². The number of hydrogen-bond donors (Lipinski definition) is 1. The van der Waals surface area contributed by atoms with Gasteiger partial charge in [-0.3, -0.25) is 0 Å². The molecule has 0 aliphatic carbocycles. The van der Waals surface area contributed by atoms with Crippen LogP contribution >= 0.6 is 0 Å². The zero-order chi connectivity index (χ0) is 13.3. The topological polar surface area (TPSA) is 30.5 Å². The third kappa shape index (κ3) is 4.36. The lowest BCUT2D eigenvalue weighted by Gasteiger charge is -2.40. The fraction of sp³-hybridized carbons (Fsp3) is 1.00. The molecule has 102 valence electrons. The third-order valence-corrected chi connectivity index (χ3v) is 8.44. The molecule has 0 saturated carbocycles. The Hall–Kier alpha value is 0.0969. The van der Waals surface area contributed by atoms with Gasteiger partial charge in [-0.1, -0.05) is 20.8 Å². The molecule has 0 spiro atoms. The summed E-state index contributed by atoms with van der Waals surface area (Å²) < 4.78 is 12.0. The van der Waals surface area contributed by atoms with Crippen LogP contribution in [0.15, 0.2) is 0 Å². The van der Waals surface area contributed by atoms with Crippen LogP contribution in [0, 0.1) is 0 Å². The monoisotopic (exact) mass is 259 g/mol. The SMILES string of the molecule is CC1(C)CNC(CO[Si](C)(C)C(C)(C)C)CO1. The zero-order valence-corrected chi connectivity index (χ0v) is 13.5. The lowest BCUT2D eigenvalue weighted by Crippen LogP contribution is -2.54. The van der Waals surface area contributed by atoms with Crippen molar-refractivity contribution in [1.29, 1.82) is 0 Å². The van der Waals surface area contributed by atoms with Gasteiger partial charge < -0.3 is 14.5 Å². The summed E-state index contributed by atoms with van der Waals surface area (Å²) in [6, 6.07) is 0.345. The first-order chi connectivity index (χ1) is 7.54. The summed E-state index contributed by atoms with van der Waals surface area (Å²) in [5.41, 5.74) is -0.0343. The standard InChI is InChI=1S/C13H29NO2Si/c1-12(2,3)17(6,7)16-9-11-8-15-13(4,5)10-14-11/h11,14H,8-10H2,1-7H3. The highest BCUT2D eigenvalue weighted by molar-refractivity contribution is 6.74. The molecular formula is C13H29NO2Si. The molecule has 1 rings (SSSR count). The predicted octanol–water partition coefficient (Wildman–Crippen LogP) is 2.78. The maximum Gasteiger partial charge on any atom is 0.192 e. The highest BCUT2D eigenvalue weighted by Gasteiger charge is 2.38. The third-order valence-electron chi connectivity index (χ3n) is 3.94. The van der Waals surface area contributed by atoms with E-state index in [9.17, 15) is 0 Å². The quantitative estimate of drug-likeness (QED) is 0.791. The van der Waals surface area contributed by atoms with Crippen molar-refractivity contribution in [3.63, 3.8) is 0 Å². The van der Waals surface area contributed by atoms with Gasteiger partial charge in [-0.2, -0.15) is 0 Å². The van der Waals surface area contributed by atoms with E-state index >= 15 is 0 Å². The van der Waals surface area contributed by atoms with E-state index in [0.29, 0.717) is 6.04 Å². The number of hydrogen-bond acceptors (Lipinski definition) is 3. The van der Waals surface area contributed by atoms with Gasteiger partial charge in [0.15, 0.2) is 8.32 Å². The van der Waals surface area contributed by atoms with E-state index in [0.717, 1.165) is 19.8 Å². The molecule has 0 aromatic heterocycles. The first-order valence-corrected chi connectivity index (χ1v) is 9.46. The lowest BCUT2D eigenvalue weighted by atomic mass is 10.1. The predicted molar refractivity (Wildman–Crippen MR) is 75.0 cm³/mol. The van der Waals surface area contributed by atoms with Crippen LogP contribution in [0.4, 0.5) is 0 Å². The van der Waals surface area contributed by atoms with Crippen LogP contribution in [0.2, 0.25) is 18.1 Å². The molecule has 0 radical (unpaired) electrons. The van der Waals surface area contributed by atoms with Crippen molar-refractivity contribution in [1.82, 2.24) is 5.32 Å². The van der Waals surface area contributed by atoms with Gasteiger partial charge in [0.05, 0.1) is 24.9 Å². The highest BCUT2D eigenvalue weighted by Crippen LogP contribution is 2.36. The summed E-state index contributed by atoms with van der Waals surface area (Å²) in [6.45, 7) is 18.1. The molecule has 0 aromatic rings. The van der Waals surface area contributed by atoms with Crippen molar-refractivity contribution in [2.45, 2.75) is 64.4 Å². The van der Waals surface area contributed by atoms with Crippen molar-refractivity contribution in [3.05, 3.63) is 0 Å². The Bertz CT molecular complexity index is 249. The number of nitrogens with one attached hydrogen (secondary N) is 1. The van der Waals surface area contributed by atoms with E-state index < -0.39 is 8.32 Å². The minimum absolute atomic E-state index is 0.0343. The average molecular weight is 259 g/mol. The van der Waals surface area contributed by atoms with Crippen LogP contribution in [0.3, 0.4) is 0 Å². The van der Waals surface area contributed by atoms with Crippen LogP contribution < -0.4 is 5.32 Å². The van der Waals surface area contributed by atoms with Gasteiger partial charge in [-0.15, -0.1) is 0 Å². The van der Waals surface area contributed by atoms with Gasteiger partial charge in [0, 0.05) is 6.54 Å². The molecular weight excluding hydrogens is 230 g/mol. The van der Waals surface area contributed by atoms with Crippen molar-refractivity contribution in [2.75, 3.05) is 19.8 Å². The van der Waals surface area contributed by atoms with Gasteiger partial charge in [0.25, 0.3) is 0 Å². The molecule has 3 nitrogen and oxygen atoms in total. The van der Waals surface area contributed by atoms with E-state index in [1.165, 1.54) is 0 Å². The van der Waals surface area contributed by atoms with Crippen LogP contribution in [-0.4, -0.2) is 39.7 Å². The van der Waals surface area contributed by atoms with E-state index in [2.05, 4.69) is 53.0 Å². The van der Waals surface area contributed by atoms with Crippen molar-refractivity contribution >= 4 is 8.32 Å². The van der Waals surface area contributed by atoms with Gasteiger partial charge >= 0.3 is 0 Å². The van der Waals surface area contributed by atoms with Crippen molar-refractivity contribution < 1.29 is 9.16 Å². The first kappa shape index (κ1) is 15.2. The summed E-state index contributed by atoms with van der Waals surface area (Å²) in [5, 5.41) is 3.79. The molecule has 1 aliphatic rings. The Morgan fingerprint density at radius 3 is 2.35 bits per heavy atom. The fourth-order valence-electron chi connectivity index (χ4n) is 1.46. The molecule has 0 amide bonds. The van der Waals surface area contributed by atoms with Crippen molar-refractivity contribution in [3.8, 4) is 0 Å². The van der Waals surface area contributed by atoms with E-state index in [-0.39, 0.29) is 10.6 Å². The van der Waals surface area contributed by atoms with E-state index in [4.69, 9.17) is 9.16 Å². The summed E-state index contributed by atoms with van der Waals surface area (Å²) in [5.74, 6) is 0. The van der Waals surface area contributed by atoms with Crippen molar-refractivity contribution in [2.24, 2.45) is 0 Å². The summed E-state index contributed by atoms with van der Waals surface area (Å²) in [4.78, 5) is 0. The average Bonchev–Trinajstić information content (AvgIpc) is 2.14. The maximum atomic E-state index is 6.20. The molecule has 1 N–H and O–H groups in total. The Kier molecular flexibility index (Phi) is 4.45. The molecule has 0 aromatic carbocycles.